The molecule has 22 heavy (non-hydrogen) atoms. The molecule has 3 aromatic heterocycles. The van der Waals surface area contributed by atoms with E-state index in [0.29, 0.717) is 11.4 Å². The average molecular weight is 363 g/mol. The van der Waals surface area contributed by atoms with Gasteiger partial charge in [0, 0.05) is 0 Å². The average Bonchev–Trinajstić information content (AvgIpc) is 2.89. The molecule has 0 amide bonds. The van der Waals surface area contributed by atoms with Crippen LogP contribution in [-0.4, -0.2) is 32.9 Å². The topological polar surface area (TPSA) is 78.6 Å². The molecule has 0 aromatic carbocycles. The Labute approximate surface area is 134 Å². The third-order valence-corrected chi connectivity index (χ3v) is 3.56. The van der Waals surface area contributed by atoms with Crippen LogP contribution < -0.4 is 4.74 Å². The molecule has 0 aliphatic heterocycles. The summed E-state index contributed by atoms with van der Waals surface area (Å²) in [6.07, 6.45) is 3.37. The van der Waals surface area contributed by atoms with Crippen molar-refractivity contribution in [2.24, 2.45) is 0 Å². The Bertz CT molecular complexity index is 862. The molecule has 3 aromatic rings. The second-order valence-corrected chi connectivity index (χ2v) is 5.34. The number of nitrogens with zero attached hydrogens (tertiary/aromatic N) is 4. The molecular weight excluding hydrogens is 352 g/mol. The Morgan fingerprint density at radius 2 is 2.14 bits per heavy atom. The number of aryl methyl sites for hydroxylation is 1. The quantitative estimate of drug-likeness (QED) is 0.666. The first-order valence-corrected chi connectivity index (χ1v) is 7.11. The third-order valence-electron chi connectivity index (χ3n) is 2.94. The van der Waals surface area contributed by atoms with Gasteiger partial charge in [-0.15, -0.1) is 5.10 Å². The molecule has 3 heterocycles. The molecule has 0 spiro atoms. The highest BCUT2D eigenvalue weighted by molar-refractivity contribution is 9.10. The number of esters is 1. The lowest BCUT2D eigenvalue weighted by Crippen LogP contribution is -2.07. The molecule has 112 valence electrons. The minimum atomic E-state index is -0.532. The van der Waals surface area contributed by atoms with Gasteiger partial charge in [-0.2, -0.15) is 10.2 Å². The second-order valence-electron chi connectivity index (χ2n) is 4.49. The van der Waals surface area contributed by atoms with Crippen LogP contribution in [0.2, 0.25) is 0 Å². The summed E-state index contributed by atoms with van der Waals surface area (Å²) in [5.74, 6) is 0.0327. The normalized spacial score (nSPS) is 10.7. The number of carbonyl (C=O) groups excluding carboxylic acids is 1. The zero-order valence-electron chi connectivity index (χ0n) is 11.8. The fraction of sp³-hybridized carbons (Fsp3) is 0.143. The highest BCUT2D eigenvalue weighted by Crippen LogP contribution is 2.26. The number of hydrogen-bond acceptors (Lipinski definition) is 6. The maximum Gasteiger partial charge on any atom is 0.343 e. The maximum absolute atomic E-state index is 11.8. The van der Waals surface area contributed by atoms with Crippen LogP contribution in [0.15, 0.2) is 35.1 Å². The van der Waals surface area contributed by atoms with Gasteiger partial charge in [-0.25, -0.2) is 9.31 Å². The Morgan fingerprint density at radius 1 is 1.32 bits per heavy atom. The molecule has 0 N–H and O–H groups in total. The lowest BCUT2D eigenvalue weighted by molar-refractivity contribution is 0.0596. The largest absolute Gasteiger partial charge is 0.465 e. The molecular formula is C14H11BrN4O3. The van der Waals surface area contributed by atoms with Crippen LogP contribution in [0.5, 0.6) is 11.6 Å². The van der Waals surface area contributed by atoms with Crippen molar-refractivity contribution in [3.8, 4) is 11.6 Å². The van der Waals surface area contributed by atoms with Crippen LogP contribution >= 0.6 is 15.9 Å². The lowest BCUT2D eigenvalue weighted by Gasteiger charge is -2.08. The zero-order valence-corrected chi connectivity index (χ0v) is 13.4. The van der Waals surface area contributed by atoms with Crippen molar-refractivity contribution in [1.82, 2.24) is 19.8 Å². The van der Waals surface area contributed by atoms with Crippen LogP contribution in [0.3, 0.4) is 0 Å². The summed E-state index contributed by atoms with van der Waals surface area (Å²) < 4.78 is 12.9. The molecule has 7 nitrogen and oxygen atoms in total. The predicted molar refractivity (Wildman–Crippen MR) is 81.1 cm³/mol. The standard InChI is InChI=1S/C14H11BrN4O3/c1-8-5-10(14(20)21-2)13(18-17-8)22-9-3-4-12-11(15)6-16-19(12)7-9/h3-7H,1-2H3. The van der Waals surface area contributed by atoms with E-state index in [0.717, 1.165) is 9.99 Å². The van der Waals surface area contributed by atoms with E-state index in [9.17, 15) is 4.79 Å². The van der Waals surface area contributed by atoms with Gasteiger partial charge in [0.1, 0.15) is 11.3 Å². The van der Waals surface area contributed by atoms with Crippen LogP contribution in [0.25, 0.3) is 5.52 Å². The summed E-state index contributed by atoms with van der Waals surface area (Å²) in [4.78, 5) is 11.8. The summed E-state index contributed by atoms with van der Waals surface area (Å²) in [6, 6.07) is 5.16. The Morgan fingerprint density at radius 3 is 2.91 bits per heavy atom. The highest BCUT2D eigenvalue weighted by Gasteiger charge is 2.17. The van der Waals surface area contributed by atoms with Crippen molar-refractivity contribution >= 4 is 27.4 Å². The predicted octanol–water partition coefficient (Wildman–Crippen LogP) is 2.77. The van der Waals surface area contributed by atoms with Crippen LogP contribution in [0, 0.1) is 6.92 Å². The fourth-order valence-electron chi connectivity index (χ4n) is 1.92. The Hall–Kier alpha value is -2.48. The Balaban J connectivity index is 1.99. The van der Waals surface area contributed by atoms with Gasteiger partial charge in [-0.1, -0.05) is 0 Å². The van der Waals surface area contributed by atoms with E-state index in [-0.39, 0.29) is 11.4 Å². The third kappa shape index (κ3) is 2.64. The fourth-order valence-corrected chi connectivity index (χ4v) is 2.32. The summed E-state index contributed by atoms with van der Waals surface area (Å²) in [7, 11) is 1.30. The first-order chi connectivity index (χ1) is 10.6. The molecule has 0 saturated carbocycles. The summed E-state index contributed by atoms with van der Waals surface area (Å²) in [5, 5.41) is 12.0. The van der Waals surface area contributed by atoms with Gasteiger partial charge in [-0.3, -0.25) is 0 Å². The monoisotopic (exact) mass is 362 g/mol. The minimum Gasteiger partial charge on any atom is -0.465 e. The summed E-state index contributed by atoms with van der Waals surface area (Å²) in [6.45, 7) is 1.73. The number of rotatable bonds is 3. The van der Waals surface area contributed by atoms with Crippen molar-refractivity contribution < 1.29 is 14.3 Å². The number of hydrogen-bond donors (Lipinski definition) is 0. The molecule has 8 heteroatoms. The summed E-state index contributed by atoms with van der Waals surface area (Å²) >= 11 is 3.40. The molecule has 3 rings (SSSR count). The Kier molecular flexibility index (Phi) is 3.76. The van der Waals surface area contributed by atoms with Gasteiger partial charge < -0.3 is 9.47 Å². The van der Waals surface area contributed by atoms with Gasteiger partial charge in [0.25, 0.3) is 5.88 Å². The molecule has 0 aliphatic rings. The number of halogens is 1. The van der Waals surface area contributed by atoms with Crippen molar-refractivity contribution in [2.75, 3.05) is 7.11 Å². The SMILES string of the molecule is COC(=O)c1cc(C)nnc1Oc1ccc2c(Br)cnn2c1. The van der Waals surface area contributed by atoms with Gasteiger partial charge >= 0.3 is 5.97 Å². The van der Waals surface area contributed by atoms with Crippen LogP contribution in [-0.2, 0) is 4.74 Å². The molecule has 0 atom stereocenters. The van der Waals surface area contributed by atoms with E-state index in [1.54, 1.807) is 36.0 Å². The second kappa shape index (κ2) is 5.72. The maximum atomic E-state index is 11.8. The first kappa shape index (κ1) is 14.5. The zero-order chi connectivity index (χ0) is 15.7. The molecule has 0 saturated heterocycles. The number of pyridine rings is 1. The highest BCUT2D eigenvalue weighted by atomic mass is 79.9. The van der Waals surface area contributed by atoms with Gasteiger partial charge in [-0.05, 0) is 41.1 Å². The molecule has 0 bridgehead atoms. The number of carbonyl (C=O) groups is 1. The van der Waals surface area contributed by atoms with E-state index < -0.39 is 5.97 Å². The lowest BCUT2D eigenvalue weighted by atomic mass is 10.2. The van der Waals surface area contributed by atoms with Gasteiger partial charge in [0.05, 0.1) is 35.2 Å². The van der Waals surface area contributed by atoms with Gasteiger partial charge in [0.15, 0.2) is 0 Å². The van der Waals surface area contributed by atoms with Gasteiger partial charge in [0.2, 0.25) is 0 Å². The van der Waals surface area contributed by atoms with Crippen molar-refractivity contribution in [3.63, 3.8) is 0 Å². The van der Waals surface area contributed by atoms with Crippen molar-refractivity contribution in [2.45, 2.75) is 6.92 Å². The van der Waals surface area contributed by atoms with Crippen molar-refractivity contribution in [1.29, 1.82) is 0 Å². The number of fused-ring (bicyclic) bond motifs is 1. The van der Waals surface area contributed by atoms with E-state index >= 15 is 0 Å². The van der Waals surface area contributed by atoms with E-state index in [1.165, 1.54) is 7.11 Å². The van der Waals surface area contributed by atoms with Crippen molar-refractivity contribution in [3.05, 3.63) is 46.3 Å². The number of aromatic nitrogens is 4. The number of methoxy groups -OCH3 is 1. The first-order valence-electron chi connectivity index (χ1n) is 6.32. The smallest absolute Gasteiger partial charge is 0.343 e. The summed E-state index contributed by atoms with van der Waals surface area (Å²) in [5.41, 5.74) is 1.71. The molecule has 0 aliphatic carbocycles. The van der Waals surface area contributed by atoms with E-state index in [2.05, 4.69) is 31.2 Å². The molecule has 0 fully saturated rings. The van der Waals surface area contributed by atoms with E-state index in [4.69, 9.17) is 9.47 Å². The minimum absolute atomic E-state index is 0.0861. The van der Waals surface area contributed by atoms with Crippen LogP contribution in [0.1, 0.15) is 16.1 Å². The molecule has 0 radical (unpaired) electrons. The number of ether oxygens (including phenoxy) is 2. The molecule has 0 unspecified atom stereocenters. The van der Waals surface area contributed by atoms with E-state index in [1.807, 2.05) is 6.07 Å². The van der Waals surface area contributed by atoms with Crippen LogP contribution in [0.4, 0.5) is 0 Å².